The van der Waals surface area contributed by atoms with Crippen molar-refractivity contribution in [2.45, 2.75) is 25.7 Å². The summed E-state index contributed by atoms with van der Waals surface area (Å²) < 4.78 is 5.19. The molecule has 2 aliphatic rings. The summed E-state index contributed by atoms with van der Waals surface area (Å²) in [6, 6.07) is 16.3. The molecule has 3 aromatic rings. The van der Waals surface area contributed by atoms with Crippen molar-refractivity contribution in [1.29, 1.82) is 0 Å². The first-order chi connectivity index (χ1) is 19.5. The zero-order valence-electron chi connectivity index (χ0n) is 22.7. The van der Waals surface area contributed by atoms with Crippen molar-refractivity contribution in [3.05, 3.63) is 70.4 Å². The van der Waals surface area contributed by atoms with Crippen LogP contribution in [0.15, 0.2) is 60.0 Å². The van der Waals surface area contributed by atoms with Crippen LogP contribution in [0, 0.1) is 0 Å². The third-order valence-corrected chi connectivity index (χ3v) is 8.21. The maximum absolute atomic E-state index is 13.7. The Hall–Kier alpha value is -4.05. The van der Waals surface area contributed by atoms with E-state index in [0.29, 0.717) is 48.0 Å². The molecular weight excluding hydrogens is 526 g/mol. The number of piperidine rings is 1. The van der Waals surface area contributed by atoms with Crippen LogP contribution in [0.3, 0.4) is 0 Å². The van der Waals surface area contributed by atoms with Crippen LogP contribution in [0.25, 0.3) is 0 Å². The number of benzene rings is 2. The van der Waals surface area contributed by atoms with Crippen LogP contribution >= 0.6 is 11.3 Å². The second-order valence-corrected chi connectivity index (χ2v) is 11.0. The van der Waals surface area contributed by atoms with Crippen LogP contribution in [0.2, 0.25) is 0 Å². The molecule has 0 bridgehead atoms. The van der Waals surface area contributed by atoms with E-state index in [2.05, 4.69) is 15.5 Å². The number of ether oxygens (including phenoxy) is 1. The van der Waals surface area contributed by atoms with Gasteiger partial charge >= 0.3 is 6.03 Å². The van der Waals surface area contributed by atoms with Crippen LogP contribution in [-0.4, -0.2) is 74.0 Å². The molecule has 0 saturated carbocycles. The fourth-order valence-corrected chi connectivity index (χ4v) is 5.79. The van der Waals surface area contributed by atoms with Crippen molar-refractivity contribution < 1.29 is 19.1 Å². The number of thiophene rings is 1. The number of nitrogens with one attached hydrogen (secondary N) is 2. The Morgan fingerprint density at radius 3 is 2.25 bits per heavy atom. The number of amides is 4. The average molecular weight is 562 g/mol. The normalized spacial score (nSPS) is 15.8. The van der Waals surface area contributed by atoms with E-state index in [1.807, 2.05) is 57.6 Å². The molecular formula is C30H35N5O4S. The molecule has 2 N–H and O–H groups in total. The van der Waals surface area contributed by atoms with E-state index in [9.17, 15) is 14.4 Å². The molecule has 2 fully saturated rings. The minimum absolute atomic E-state index is 0.0136. The van der Waals surface area contributed by atoms with Crippen molar-refractivity contribution in [1.82, 2.24) is 9.80 Å². The number of carbonyl (C=O) groups excluding carboxylic acids is 3. The molecule has 2 aromatic carbocycles. The maximum Gasteiger partial charge on any atom is 0.321 e. The van der Waals surface area contributed by atoms with Crippen molar-refractivity contribution >= 4 is 46.2 Å². The van der Waals surface area contributed by atoms with E-state index in [1.165, 1.54) is 11.3 Å². The molecule has 0 spiro atoms. The lowest BCUT2D eigenvalue weighted by Gasteiger charge is -2.30. The summed E-state index contributed by atoms with van der Waals surface area (Å²) in [6.07, 6.45) is 3.90. The zero-order chi connectivity index (χ0) is 27.9. The third-order valence-electron chi connectivity index (χ3n) is 7.34. The molecule has 0 aliphatic carbocycles. The van der Waals surface area contributed by atoms with Crippen LogP contribution < -0.4 is 20.3 Å². The predicted octanol–water partition coefficient (Wildman–Crippen LogP) is 5.38. The summed E-state index contributed by atoms with van der Waals surface area (Å²) in [6.45, 7) is 3.93. The van der Waals surface area contributed by atoms with Gasteiger partial charge in [-0.2, -0.15) is 0 Å². The van der Waals surface area contributed by atoms with E-state index in [1.54, 1.807) is 19.2 Å². The minimum atomic E-state index is -0.188. The van der Waals surface area contributed by atoms with E-state index in [-0.39, 0.29) is 17.8 Å². The summed E-state index contributed by atoms with van der Waals surface area (Å²) in [5.74, 6) is 0.531. The molecule has 10 heteroatoms. The molecule has 3 heterocycles. The number of rotatable bonds is 6. The number of anilines is 3. The lowest BCUT2D eigenvalue weighted by Crippen LogP contribution is -2.39. The highest BCUT2D eigenvalue weighted by atomic mass is 32.1. The van der Waals surface area contributed by atoms with Gasteiger partial charge < -0.3 is 30.1 Å². The Bertz CT molecular complexity index is 1320. The lowest BCUT2D eigenvalue weighted by molar-refractivity contribution is 0.0724. The first-order valence-corrected chi connectivity index (χ1v) is 14.6. The van der Waals surface area contributed by atoms with Gasteiger partial charge in [0.05, 0.1) is 17.6 Å². The fraction of sp³-hybridized carbons (Fsp3) is 0.367. The van der Waals surface area contributed by atoms with Gasteiger partial charge in [0.1, 0.15) is 5.75 Å². The topological polar surface area (TPSA) is 94.2 Å². The summed E-state index contributed by atoms with van der Waals surface area (Å²) in [4.78, 5) is 46.0. The van der Waals surface area contributed by atoms with Gasteiger partial charge in [-0.05, 0) is 79.6 Å². The Kier molecular flexibility index (Phi) is 8.85. The monoisotopic (exact) mass is 561 g/mol. The second-order valence-electron chi connectivity index (χ2n) is 10.0. The highest BCUT2D eigenvalue weighted by Gasteiger charge is 2.26. The van der Waals surface area contributed by atoms with Gasteiger partial charge in [-0.1, -0.05) is 6.07 Å². The largest absolute Gasteiger partial charge is 0.497 e. The number of methoxy groups -OCH3 is 1. The van der Waals surface area contributed by atoms with Crippen LogP contribution in [0.5, 0.6) is 5.75 Å². The van der Waals surface area contributed by atoms with Gasteiger partial charge in [0.2, 0.25) is 0 Å². The van der Waals surface area contributed by atoms with Crippen molar-refractivity contribution in [2.75, 3.05) is 61.9 Å². The van der Waals surface area contributed by atoms with Gasteiger partial charge in [0, 0.05) is 56.3 Å². The number of carbonyl (C=O) groups is 3. The predicted molar refractivity (Wildman–Crippen MR) is 159 cm³/mol. The van der Waals surface area contributed by atoms with Crippen LogP contribution in [0.4, 0.5) is 21.9 Å². The molecule has 40 heavy (non-hydrogen) atoms. The highest BCUT2D eigenvalue weighted by Crippen LogP contribution is 2.29. The maximum atomic E-state index is 13.7. The summed E-state index contributed by atoms with van der Waals surface area (Å²) in [5, 5.41) is 7.78. The highest BCUT2D eigenvalue weighted by molar-refractivity contribution is 7.12. The lowest BCUT2D eigenvalue weighted by atomic mass is 10.1. The molecule has 0 unspecified atom stereocenters. The first kappa shape index (κ1) is 27.5. The summed E-state index contributed by atoms with van der Waals surface area (Å²) in [5.41, 5.74) is 2.73. The van der Waals surface area contributed by atoms with Gasteiger partial charge in [0.15, 0.2) is 0 Å². The van der Waals surface area contributed by atoms with Gasteiger partial charge in [-0.3, -0.25) is 9.59 Å². The van der Waals surface area contributed by atoms with Crippen molar-refractivity contribution in [3.8, 4) is 5.75 Å². The molecule has 0 atom stereocenters. The molecule has 210 valence electrons. The SMILES string of the molecule is COc1ccc(NC(=O)N2CCCN(c3ccc(NC(=O)c4cccs4)cc3C(=O)N3CCCCC3)CC2)cc1. The number of likely N-dealkylation sites (tertiary alicyclic amines) is 1. The molecule has 2 saturated heterocycles. The number of urea groups is 1. The van der Waals surface area contributed by atoms with E-state index in [4.69, 9.17) is 4.74 Å². The Balaban J connectivity index is 1.32. The van der Waals surface area contributed by atoms with Crippen molar-refractivity contribution in [3.63, 3.8) is 0 Å². The molecule has 5 rings (SSSR count). The van der Waals surface area contributed by atoms with Crippen LogP contribution in [-0.2, 0) is 0 Å². The molecule has 9 nitrogen and oxygen atoms in total. The second kappa shape index (κ2) is 12.9. The minimum Gasteiger partial charge on any atom is -0.497 e. The number of hydrogen-bond donors (Lipinski definition) is 2. The Morgan fingerprint density at radius 1 is 0.775 bits per heavy atom. The van der Waals surface area contributed by atoms with Crippen molar-refractivity contribution in [2.24, 2.45) is 0 Å². The Morgan fingerprint density at radius 2 is 1.52 bits per heavy atom. The average Bonchev–Trinajstić information content (AvgIpc) is 3.43. The molecule has 2 aliphatic heterocycles. The van der Waals surface area contributed by atoms with Gasteiger partial charge in [-0.25, -0.2) is 4.79 Å². The smallest absolute Gasteiger partial charge is 0.321 e. The zero-order valence-corrected chi connectivity index (χ0v) is 23.5. The van der Waals surface area contributed by atoms with E-state index < -0.39 is 0 Å². The standard InChI is InChI=1S/C30H35N5O4S/c1-39-24-11-8-22(9-12-24)32-30(38)35-17-6-16-33(18-19-35)26-13-10-23(31-28(36)27-7-5-20-40-27)21-25(26)29(37)34-14-3-2-4-15-34/h5,7-13,20-21H,2-4,6,14-19H2,1H3,(H,31,36)(H,32,38). The fourth-order valence-electron chi connectivity index (χ4n) is 5.17. The van der Waals surface area contributed by atoms with Gasteiger partial charge in [0.25, 0.3) is 11.8 Å². The van der Waals surface area contributed by atoms with E-state index in [0.717, 1.165) is 50.2 Å². The molecule has 1 aromatic heterocycles. The number of hydrogen-bond acceptors (Lipinski definition) is 6. The van der Waals surface area contributed by atoms with E-state index >= 15 is 0 Å². The summed E-state index contributed by atoms with van der Waals surface area (Å²) >= 11 is 1.38. The first-order valence-electron chi connectivity index (χ1n) is 13.7. The third kappa shape index (κ3) is 6.56. The molecule has 4 amide bonds. The quantitative estimate of drug-likeness (QED) is 0.422. The number of nitrogens with zero attached hydrogens (tertiary/aromatic N) is 3. The van der Waals surface area contributed by atoms with Crippen LogP contribution in [0.1, 0.15) is 45.7 Å². The van der Waals surface area contributed by atoms with Gasteiger partial charge in [-0.15, -0.1) is 11.3 Å². The molecule has 0 radical (unpaired) electrons. The Labute approximate surface area is 238 Å². The summed E-state index contributed by atoms with van der Waals surface area (Å²) in [7, 11) is 1.61.